The zero-order valence-corrected chi connectivity index (χ0v) is 64.4. The molecule has 3 heterocycles. The van der Waals surface area contributed by atoms with Crippen LogP contribution in [0.2, 0.25) is 0 Å². The normalized spacial score (nSPS) is 26.3. The lowest BCUT2D eigenvalue weighted by Crippen LogP contribution is -2.66. The predicted octanol–water partition coefficient (Wildman–Crippen LogP) is 14.7. The topological polar surface area (TPSA) is 307 Å². The van der Waals surface area contributed by atoms with Crippen LogP contribution >= 0.6 is 0 Å². The van der Waals surface area contributed by atoms with Crippen LogP contribution in [0.5, 0.6) is 0 Å². The van der Waals surface area contributed by atoms with Gasteiger partial charge < -0.3 is 89.9 Å². The maximum atomic E-state index is 13.5. The predicted molar refractivity (Wildman–Crippen MR) is 406 cm³/mol. The van der Waals surface area contributed by atoms with Crippen molar-refractivity contribution in [1.29, 1.82) is 0 Å². The van der Waals surface area contributed by atoms with E-state index in [2.05, 4.69) is 55.6 Å². The SMILES string of the molecule is CCCCCCC/C=C\C/C=C\C/C=C\CCCCCCCCCCCCCCCCCCC(=O)NC(COC1OC(CO)C(OC2OC(CO)C(OC3OC(CO)C(O)C(O)C3O)C(O)C2O)C(O)C1O)C(O)CCCCCCCCCCCCCCCCCCCCCCCCCCCC. The lowest BCUT2D eigenvalue weighted by atomic mass is 9.96. The number of ether oxygens (including phenoxy) is 6. The Morgan fingerprint density at radius 2 is 0.647 bits per heavy atom. The highest BCUT2D eigenvalue weighted by atomic mass is 16.8. The van der Waals surface area contributed by atoms with Crippen molar-refractivity contribution in [2.75, 3.05) is 26.4 Å². The smallest absolute Gasteiger partial charge is 0.220 e. The standard InChI is InChI=1S/C83H155NO18/c1-3-5-7-9-11-13-15-17-19-21-23-25-27-29-31-32-33-34-35-37-39-41-43-45-47-49-51-53-55-57-59-61-71(89)84-66(67(88)60-58-56-54-52-50-48-46-44-42-40-38-36-30-28-26-24-22-20-18-16-14-12-10-8-6-4-2)65-97-81-77(95)74(92)79(69(63-86)99-81)102-83-78(96)75(93)80(70(64-87)100-83)101-82-76(94)73(91)72(90)68(62-85)98-82/h15,17,21,23,27,29,66-70,72-83,85-88,90-96H,3-14,16,18-20,22,24-26,28,30-65H2,1-2H3,(H,84,89)/b17-15-,23-21-,29-27-. The molecule has 0 aromatic heterocycles. The Labute approximate surface area is 619 Å². The van der Waals surface area contributed by atoms with Crippen molar-refractivity contribution in [3.63, 3.8) is 0 Å². The first-order valence-corrected chi connectivity index (χ1v) is 42.2. The number of amides is 1. The largest absolute Gasteiger partial charge is 0.394 e. The van der Waals surface area contributed by atoms with Crippen molar-refractivity contribution in [3.8, 4) is 0 Å². The number of carbonyl (C=O) groups is 1. The number of unbranched alkanes of at least 4 members (excludes halogenated alkanes) is 46. The monoisotopic (exact) mass is 1450 g/mol. The van der Waals surface area contributed by atoms with Gasteiger partial charge in [-0.25, -0.2) is 0 Å². The second kappa shape index (κ2) is 63.9. The summed E-state index contributed by atoms with van der Waals surface area (Å²) in [5.74, 6) is -0.237. The summed E-state index contributed by atoms with van der Waals surface area (Å²) in [7, 11) is 0. The zero-order valence-electron chi connectivity index (χ0n) is 64.4. The van der Waals surface area contributed by atoms with Gasteiger partial charge in [-0.05, 0) is 51.4 Å². The molecule has 3 aliphatic heterocycles. The van der Waals surface area contributed by atoms with Crippen LogP contribution in [-0.4, -0.2) is 193 Å². The Balaban J connectivity index is 1.35. The summed E-state index contributed by atoms with van der Waals surface area (Å²) in [5, 5.41) is 121. The molecular weight excluding hydrogens is 1300 g/mol. The van der Waals surface area contributed by atoms with Gasteiger partial charge in [0.1, 0.15) is 73.2 Å². The van der Waals surface area contributed by atoms with E-state index in [0.29, 0.717) is 12.8 Å². The van der Waals surface area contributed by atoms with Crippen LogP contribution in [0.3, 0.4) is 0 Å². The molecule has 0 saturated carbocycles. The van der Waals surface area contributed by atoms with E-state index in [1.54, 1.807) is 0 Å². The maximum absolute atomic E-state index is 13.5. The number of aliphatic hydroxyl groups is 11. The highest BCUT2D eigenvalue weighted by Crippen LogP contribution is 2.33. The van der Waals surface area contributed by atoms with E-state index < -0.39 is 124 Å². The van der Waals surface area contributed by atoms with E-state index >= 15 is 0 Å². The van der Waals surface area contributed by atoms with Crippen LogP contribution < -0.4 is 5.32 Å². The molecule has 1 amide bonds. The van der Waals surface area contributed by atoms with E-state index in [1.165, 1.54) is 263 Å². The maximum Gasteiger partial charge on any atom is 0.220 e. The molecule has 17 atom stereocenters. The van der Waals surface area contributed by atoms with Gasteiger partial charge in [0, 0.05) is 6.42 Å². The van der Waals surface area contributed by atoms with Gasteiger partial charge in [-0.15, -0.1) is 0 Å². The second-order valence-electron chi connectivity index (χ2n) is 30.3. The molecule has 17 unspecified atom stereocenters. The Hall–Kier alpha value is -1.99. The van der Waals surface area contributed by atoms with Gasteiger partial charge in [0.2, 0.25) is 5.91 Å². The quantitative estimate of drug-likeness (QED) is 0.0199. The molecule has 0 radical (unpaired) electrons. The molecule has 3 aliphatic rings. The summed E-state index contributed by atoms with van der Waals surface area (Å²) in [6.07, 6.45) is 52.3. The van der Waals surface area contributed by atoms with Crippen LogP contribution in [0.25, 0.3) is 0 Å². The molecule has 12 N–H and O–H groups in total. The number of hydrogen-bond acceptors (Lipinski definition) is 18. The van der Waals surface area contributed by atoms with Crippen LogP contribution in [0.15, 0.2) is 36.5 Å². The molecule has 600 valence electrons. The van der Waals surface area contributed by atoms with Gasteiger partial charge in [0.05, 0.1) is 38.6 Å². The lowest BCUT2D eigenvalue weighted by molar-refractivity contribution is -0.379. The number of hydrogen-bond donors (Lipinski definition) is 12. The number of allylic oxidation sites excluding steroid dienone is 6. The van der Waals surface area contributed by atoms with E-state index in [9.17, 15) is 61.0 Å². The minimum absolute atomic E-state index is 0.237. The minimum Gasteiger partial charge on any atom is -0.394 e. The number of rotatable bonds is 68. The number of carbonyl (C=O) groups excluding carboxylic acids is 1. The Morgan fingerprint density at radius 3 is 1.01 bits per heavy atom. The van der Waals surface area contributed by atoms with Crippen molar-refractivity contribution in [2.24, 2.45) is 0 Å². The summed E-state index contributed by atoms with van der Waals surface area (Å²) in [6.45, 7) is 1.85. The van der Waals surface area contributed by atoms with Gasteiger partial charge in [-0.2, -0.15) is 0 Å². The summed E-state index contributed by atoms with van der Waals surface area (Å²) in [6, 6.07) is -0.889. The molecule has 0 aromatic carbocycles. The Morgan fingerprint density at radius 1 is 0.353 bits per heavy atom. The molecule has 3 fully saturated rings. The molecular formula is C83H155NO18. The highest BCUT2D eigenvalue weighted by Gasteiger charge is 2.54. The van der Waals surface area contributed by atoms with Gasteiger partial charge in [0.25, 0.3) is 0 Å². The second-order valence-corrected chi connectivity index (χ2v) is 30.3. The van der Waals surface area contributed by atoms with E-state index in [-0.39, 0.29) is 18.9 Å². The van der Waals surface area contributed by atoms with Crippen LogP contribution in [-0.2, 0) is 33.2 Å². The first kappa shape index (κ1) is 94.2. The van der Waals surface area contributed by atoms with Crippen molar-refractivity contribution in [3.05, 3.63) is 36.5 Å². The average Bonchev–Trinajstić information content (AvgIpc) is 0.781. The molecule has 102 heavy (non-hydrogen) atoms. The number of aliphatic hydroxyl groups excluding tert-OH is 11. The van der Waals surface area contributed by atoms with Crippen molar-refractivity contribution < 1.29 is 89.4 Å². The Kier molecular flexibility index (Phi) is 59.0. The average molecular weight is 1460 g/mol. The van der Waals surface area contributed by atoms with Crippen molar-refractivity contribution in [1.82, 2.24) is 5.32 Å². The van der Waals surface area contributed by atoms with Crippen LogP contribution in [0.4, 0.5) is 0 Å². The molecule has 0 bridgehead atoms. The fourth-order valence-electron chi connectivity index (χ4n) is 14.4. The minimum atomic E-state index is -1.97. The first-order valence-electron chi connectivity index (χ1n) is 42.2. The fraction of sp³-hybridized carbons (Fsp3) is 0.916. The molecule has 0 spiro atoms. The number of nitrogens with one attached hydrogen (secondary N) is 1. The van der Waals surface area contributed by atoms with Crippen LogP contribution in [0, 0.1) is 0 Å². The fourth-order valence-corrected chi connectivity index (χ4v) is 14.4. The summed E-state index contributed by atoms with van der Waals surface area (Å²) in [5.41, 5.74) is 0. The van der Waals surface area contributed by atoms with Crippen molar-refractivity contribution >= 4 is 5.91 Å². The van der Waals surface area contributed by atoms with E-state index in [0.717, 1.165) is 57.8 Å². The molecule has 0 aliphatic carbocycles. The highest BCUT2D eigenvalue weighted by molar-refractivity contribution is 5.76. The Bertz CT molecular complexity index is 1980. The lowest BCUT2D eigenvalue weighted by Gasteiger charge is -2.48. The van der Waals surface area contributed by atoms with Gasteiger partial charge in [0.15, 0.2) is 18.9 Å². The van der Waals surface area contributed by atoms with Gasteiger partial charge in [-0.3, -0.25) is 4.79 Å². The van der Waals surface area contributed by atoms with Gasteiger partial charge in [-0.1, -0.05) is 333 Å². The zero-order chi connectivity index (χ0) is 73.9. The summed E-state index contributed by atoms with van der Waals surface area (Å²) in [4.78, 5) is 13.5. The molecule has 3 rings (SSSR count). The van der Waals surface area contributed by atoms with Crippen LogP contribution in [0.1, 0.15) is 354 Å². The summed E-state index contributed by atoms with van der Waals surface area (Å²) >= 11 is 0. The first-order chi connectivity index (χ1) is 49.8. The third kappa shape index (κ3) is 43.3. The molecule has 19 heteroatoms. The third-order valence-electron chi connectivity index (χ3n) is 21.2. The molecule has 19 nitrogen and oxygen atoms in total. The van der Waals surface area contributed by atoms with E-state index in [1.807, 2.05) is 0 Å². The summed E-state index contributed by atoms with van der Waals surface area (Å²) < 4.78 is 34.6. The molecule has 0 aromatic rings. The molecule has 3 saturated heterocycles. The third-order valence-corrected chi connectivity index (χ3v) is 21.2. The van der Waals surface area contributed by atoms with Gasteiger partial charge >= 0.3 is 0 Å². The van der Waals surface area contributed by atoms with E-state index in [4.69, 9.17) is 28.4 Å². The van der Waals surface area contributed by atoms with Crippen molar-refractivity contribution in [2.45, 2.75) is 458 Å².